The first kappa shape index (κ1) is 19.4. The maximum atomic E-state index is 12.6. The van der Waals surface area contributed by atoms with Crippen molar-refractivity contribution in [1.29, 1.82) is 0 Å². The number of ether oxygens (including phenoxy) is 1. The van der Waals surface area contributed by atoms with Gasteiger partial charge in [-0.25, -0.2) is 0 Å². The largest absolute Gasteiger partial charge is 0.494 e. The Morgan fingerprint density at radius 1 is 1.25 bits per heavy atom. The molecule has 3 aromatic rings. The zero-order valence-corrected chi connectivity index (χ0v) is 15.9. The van der Waals surface area contributed by atoms with Crippen LogP contribution in [0.4, 0.5) is 0 Å². The third-order valence-electron chi connectivity index (χ3n) is 4.51. The summed E-state index contributed by atoms with van der Waals surface area (Å²) in [7, 11) is 0. The molecule has 7 heteroatoms. The lowest BCUT2D eigenvalue weighted by Gasteiger charge is -2.14. The molecule has 0 radical (unpaired) electrons. The van der Waals surface area contributed by atoms with Gasteiger partial charge in [0.2, 0.25) is 0 Å². The number of carbonyl (C=O) groups is 2. The minimum atomic E-state index is -0.954. The molecule has 2 aromatic carbocycles. The van der Waals surface area contributed by atoms with E-state index >= 15 is 0 Å². The molecule has 0 aliphatic heterocycles. The summed E-state index contributed by atoms with van der Waals surface area (Å²) in [6.45, 7) is 4.41. The van der Waals surface area contributed by atoms with Gasteiger partial charge in [-0.15, -0.1) is 0 Å². The maximum Gasteiger partial charge on any atom is 0.308 e. The van der Waals surface area contributed by atoms with Gasteiger partial charge in [0.05, 0.1) is 29.8 Å². The van der Waals surface area contributed by atoms with E-state index in [-0.39, 0.29) is 12.5 Å². The lowest BCUT2D eigenvalue weighted by Crippen LogP contribution is -2.34. The number of carbonyl (C=O) groups excluding carboxylic acids is 1. The number of benzene rings is 2. The van der Waals surface area contributed by atoms with Gasteiger partial charge in [0, 0.05) is 11.9 Å². The number of hydrogen-bond donors (Lipinski definition) is 3. The molecule has 7 nitrogen and oxygen atoms in total. The molecular weight excluding hydrogens is 358 g/mol. The van der Waals surface area contributed by atoms with Crippen LogP contribution in [0.3, 0.4) is 0 Å². The van der Waals surface area contributed by atoms with Gasteiger partial charge in [-0.2, -0.15) is 5.10 Å². The summed E-state index contributed by atoms with van der Waals surface area (Å²) in [6, 6.07) is 11.0. The van der Waals surface area contributed by atoms with Gasteiger partial charge in [-0.3, -0.25) is 14.7 Å². The predicted molar refractivity (Wildman–Crippen MR) is 106 cm³/mol. The van der Waals surface area contributed by atoms with Crippen LogP contribution in [0.15, 0.2) is 42.6 Å². The van der Waals surface area contributed by atoms with E-state index in [2.05, 4.69) is 15.5 Å². The molecule has 1 amide bonds. The number of fused-ring (bicyclic) bond motifs is 1. The minimum Gasteiger partial charge on any atom is -0.494 e. The normalized spacial score (nSPS) is 11.9. The Bertz CT molecular complexity index is 979. The quantitative estimate of drug-likeness (QED) is 0.556. The molecule has 0 fully saturated rings. The smallest absolute Gasteiger partial charge is 0.308 e. The van der Waals surface area contributed by atoms with Gasteiger partial charge in [-0.05, 0) is 55.7 Å². The number of carboxylic acids is 1. The van der Waals surface area contributed by atoms with E-state index < -0.39 is 11.9 Å². The number of amides is 1. The second-order valence-electron chi connectivity index (χ2n) is 6.67. The van der Waals surface area contributed by atoms with E-state index in [0.717, 1.165) is 22.3 Å². The van der Waals surface area contributed by atoms with E-state index in [4.69, 9.17) is 4.74 Å². The number of aromatic amines is 1. The van der Waals surface area contributed by atoms with E-state index in [9.17, 15) is 14.7 Å². The number of aryl methyl sites for hydroxylation is 1. The zero-order valence-electron chi connectivity index (χ0n) is 15.9. The van der Waals surface area contributed by atoms with Crippen molar-refractivity contribution in [3.05, 3.63) is 59.3 Å². The maximum absolute atomic E-state index is 12.6. The fraction of sp³-hybridized carbons (Fsp3) is 0.286. The summed E-state index contributed by atoms with van der Waals surface area (Å²) >= 11 is 0. The van der Waals surface area contributed by atoms with Crippen molar-refractivity contribution in [2.24, 2.45) is 5.92 Å². The van der Waals surface area contributed by atoms with Crippen molar-refractivity contribution >= 4 is 22.8 Å². The van der Waals surface area contributed by atoms with Gasteiger partial charge in [0.15, 0.2) is 0 Å². The van der Waals surface area contributed by atoms with E-state index in [0.29, 0.717) is 24.1 Å². The lowest BCUT2D eigenvalue weighted by molar-refractivity contribution is -0.141. The summed E-state index contributed by atoms with van der Waals surface area (Å²) in [5, 5.41) is 19.9. The Balaban J connectivity index is 1.68. The van der Waals surface area contributed by atoms with Crippen LogP contribution in [-0.4, -0.2) is 40.3 Å². The van der Waals surface area contributed by atoms with Crippen molar-refractivity contribution in [2.75, 3.05) is 13.2 Å². The number of hydrogen-bond acceptors (Lipinski definition) is 4. The minimum absolute atomic E-state index is 0.0327. The summed E-state index contributed by atoms with van der Waals surface area (Å²) in [6.07, 6.45) is 1.97. The van der Waals surface area contributed by atoms with E-state index in [1.54, 1.807) is 12.3 Å². The summed E-state index contributed by atoms with van der Waals surface area (Å²) in [5.74, 6) is -1.26. The number of H-pyrrole nitrogens is 1. The Labute approximate surface area is 162 Å². The Hall–Kier alpha value is -3.35. The van der Waals surface area contributed by atoms with Crippen LogP contribution in [0.1, 0.15) is 28.4 Å². The predicted octanol–water partition coefficient (Wildman–Crippen LogP) is 2.94. The van der Waals surface area contributed by atoms with Gasteiger partial charge < -0.3 is 15.2 Å². The van der Waals surface area contributed by atoms with E-state index in [1.165, 1.54) is 0 Å². The molecule has 1 unspecified atom stereocenters. The van der Waals surface area contributed by atoms with Gasteiger partial charge in [0.1, 0.15) is 5.75 Å². The molecule has 0 spiro atoms. The highest BCUT2D eigenvalue weighted by Crippen LogP contribution is 2.19. The lowest BCUT2D eigenvalue weighted by atomic mass is 9.99. The first-order valence-corrected chi connectivity index (χ1v) is 9.14. The third kappa shape index (κ3) is 4.49. The van der Waals surface area contributed by atoms with Crippen LogP contribution in [-0.2, 0) is 11.2 Å². The molecule has 3 N–H and O–H groups in total. The molecular formula is C21H23N3O4. The fourth-order valence-electron chi connectivity index (χ4n) is 3.12. The number of aromatic nitrogens is 2. The molecule has 1 heterocycles. The number of carboxylic acid groups (broad SMARTS) is 1. The number of aliphatic carboxylic acids is 1. The third-order valence-corrected chi connectivity index (χ3v) is 4.51. The molecule has 3 rings (SSSR count). The highest BCUT2D eigenvalue weighted by Gasteiger charge is 2.20. The first-order chi connectivity index (χ1) is 13.5. The molecule has 0 saturated heterocycles. The van der Waals surface area contributed by atoms with Crippen LogP contribution in [0, 0.1) is 12.8 Å². The second-order valence-corrected chi connectivity index (χ2v) is 6.67. The van der Waals surface area contributed by atoms with Gasteiger partial charge in [0.25, 0.3) is 5.91 Å². The molecule has 146 valence electrons. The standard InChI is InChI=1S/C21H23N3O4/c1-3-28-17-6-4-14(5-7-17)10-16(21(26)27)11-22-20(25)18-9-13(2)8-15-12-23-24-19(15)18/h4-9,12,16H,3,10-11H2,1-2H3,(H,22,25)(H,23,24)(H,26,27). The van der Waals surface area contributed by atoms with Crippen molar-refractivity contribution in [3.63, 3.8) is 0 Å². The summed E-state index contributed by atoms with van der Waals surface area (Å²) < 4.78 is 5.40. The second kappa shape index (κ2) is 8.56. The molecule has 0 aliphatic rings. The number of nitrogens with one attached hydrogen (secondary N) is 2. The van der Waals surface area contributed by atoms with Crippen LogP contribution in [0.5, 0.6) is 5.75 Å². The number of nitrogens with zero attached hydrogens (tertiary/aromatic N) is 1. The van der Waals surface area contributed by atoms with Crippen LogP contribution in [0.25, 0.3) is 10.9 Å². The Morgan fingerprint density at radius 2 is 2.00 bits per heavy atom. The highest BCUT2D eigenvalue weighted by atomic mass is 16.5. The fourth-order valence-corrected chi connectivity index (χ4v) is 3.12. The molecule has 28 heavy (non-hydrogen) atoms. The van der Waals surface area contributed by atoms with Crippen LogP contribution in [0.2, 0.25) is 0 Å². The SMILES string of the molecule is CCOc1ccc(CC(CNC(=O)c2cc(C)cc3cn[nH]c23)C(=O)O)cc1. The average Bonchev–Trinajstić information content (AvgIpc) is 3.13. The van der Waals surface area contributed by atoms with Gasteiger partial charge >= 0.3 is 5.97 Å². The molecule has 0 aliphatic carbocycles. The van der Waals surface area contributed by atoms with Crippen molar-refractivity contribution in [2.45, 2.75) is 20.3 Å². The van der Waals surface area contributed by atoms with Crippen molar-refractivity contribution in [3.8, 4) is 5.75 Å². The molecule has 1 atom stereocenters. The monoisotopic (exact) mass is 381 g/mol. The van der Waals surface area contributed by atoms with Crippen molar-refractivity contribution in [1.82, 2.24) is 15.5 Å². The summed E-state index contributed by atoms with van der Waals surface area (Å²) in [5.41, 5.74) is 2.90. The first-order valence-electron chi connectivity index (χ1n) is 9.14. The van der Waals surface area contributed by atoms with Gasteiger partial charge in [-0.1, -0.05) is 12.1 Å². The summed E-state index contributed by atoms with van der Waals surface area (Å²) in [4.78, 5) is 24.3. The van der Waals surface area contributed by atoms with E-state index in [1.807, 2.05) is 44.2 Å². The average molecular weight is 381 g/mol. The number of rotatable bonds is 8. The Kier molecular flexibility index (Phi) is 5.93. The van der Waals surface area contributed by atoms with Crippen molar-refractivity contribution < 1.29 is 19.4 Å². The molecule has 0 saturated carbocycles. The Morgan fingerprint density at radius 3 is 2.68 bits per heavy atom. The highest BCUT2D eigenvalue weighted by molar-refractivity contribution is 6.05. The molecule has 1 aromatic heterocycles. The van der Waals surface area contributed by atoms with Crippen LogP contribution >= 0.6 is 0 Å². The topological polar surface area (TPSA) is 104 Å². The zero-order chi connectivity index (χ0) is 20.1. The van der Waals surface area contributed by atoms with Crippen LogP contribution < -0.4 is 10.1 Å². The molecule has 0 bridgehead atoms.